The number of hydrogen-bond acceptors (Lipinski definition) is 8. The smallest absolute Gasteiger partial charge is 0.311 e. The Bertz CT molecular complexity index is 972. The first-order valence-electron chi connectivity index (χ1n) is 7.03. The molecule has 0 aliphatic rings. The lowest BCUT2D eigenvalue weighted by atomic mass is 10.2. The maximum absolute atomic E-state index is 13.2. The van der Waals surface area contributed by atoms with E-state index >= 15 is 0 Å². The van der Waals surface area contributed by atoms with E-state index in [2.05, 4.69) is 35.8 Å². The number of tetrazole rings is 1. The van der Waals surface area contributed by atoms with Gasteiger partial charge in [0.25, 0.3) is 0 Å². The molecule has 3 rings (SSSR count). The summed E-state index contributed by atoms with van der Waals surface area (Å²) in [6.07, 6.45) is -0.378. The lowest BCUT2D eigenvalue weighted by Gasteiger charge is -2.07. The van der Waals surface area contributed by atoms with E-state index in [0.717, 1.165) is 6.07 Å². The molecule has 0 bridgehead atoms. The number of nitrogens with one attached hydrogen (secondary N) is 2. The zero-order valence-corrected chi connectivity index (χ0v) is 13.6. The van der Waals surface area contributed by atoms with Crippen LogP contribution in [-0.2, 0) is 17.8 Å². The Labute approximate surface area is 149 Å². The molecule has 0 atom stereocenters. The zero-order valence-electron chi connectivity index (χ0n) is 12.8. The van der Waals surface area contributed by atoms with E-state index in [1.165, 1.54) is 16.8 Å². The molecule has 0 amide bonds. The number of anilines is 1. The van der Waals surface area contributed by atoms with E-state index in [1.807, 2.05) is 0 Å². The van der Waals surface area contributed by atoms with Gasteiger partial charge in [-0.25, -0.2) is 13.7 Å². The molecule has 0 spiro atoms. The van der Waals surface area contributed by atoms with Crippen molar-refractivity contribution in [3.8, 4) is 0 Å². The number of nitrogens with zero attached hydrogens (tertiary/aromatic N) is 6. The Morgan fingerprint density at radius 2 is 2.23 bits per heavy atom. The van der Waals surface area contributed by atoms with Gasteiger partial charge >= 0.3 is 5.97 Å². The second-order valence-electron chi connectivity index (χ2n) is 5.01. The Balaban J connectivity index is 1.78. The molecule has 0 saturated heterocycles. The van der Waals surface area contributed by atoms with Gasteiger partial charge in [0, 0.05) is 5.69 Å². The van der Waals surface area contributed by atoms with Gasteiger partial charge in [0.2, 0.25) is 0 Å². The molecular formula is C13H10ClFN8O3. The van der Waals surface area contributed by atoms with E-state index in [1.54, 1.807) is 0 Å². The zero-order chi connectivity index (χ0) is 18.7. The van der Waals surface area contributed by atoms with Crippen molar-refractivity contribution in [2.75, 3.05) is 5.32 Å². The molecule has 0 aliphatic heterocycles. The Morgan fingerprint density at radius 3 is 2.96 bits per heavy atom. The van der Waals surface area contributed by atoms with Crippen LogP contribution in [0.4, 0.5) is 10.1 Å². The highest BCUT2D eigenvalue weighted by Crippen LogP contribution is 2.20. The molecule has 11 nitrogen and oxygen atoms in total. The van der Waals surface area contributed by atoms with Gasteiger partial charge in [-0.15, -0.1) is 5.10 Å². The molecule has 26 heavy (non-hydrogen) atoms. The van der Waals surface area contributed by atoms with Crippen LogP contribution in [0.1, 0.15) is 17.2 Å². The molecule has 0 fully saturated rings. The second-order valence-corrected chi connectivity index (χ2v) is 5.42. The molecule has 13 heteroatoms. The highest BCUT2D eigenvalue weighted by molar-refractivity contribution is 6.31. The Morgan fingerprint density at radius 1 is 1.42 bits per heavy atom. The standard InChI is InChI=1S/C13H10ClFN8O3/c14-7-3-6(1-2-8(7)15)17-13(16)12-9(19-26-20-12)5-23-10(4-11(24)25)18-21-22-23/h1-3H,4-5H2,(H2,16,17)(H,24,25). The molecule has 2 aromatic heterocycles. The number of carbonyl (C=O) groups is 1. The van der Waals surface area contributed by atoms with Gasteiger partial charge in [-0.1, -0.05) is 16.8 Å². The molecule has 0 saturated carbocycles. The molecule has 2 heterocycles. The predicted molar refractivity (Wildman–Crippen MR) is 84.4 cm³/mol. The topological polar surface area (TPSA) is 156 Å². The summed E-state index contributed by atoms with van der Waals surface area (Å²) in [7, 11) is 0. The molecule has 1 aromatic carbocycles. The van der Waals surface area contributed by atoms with Crippen LogP contribution < -0.4 is 5.32 Å². The van der Waals surface area contributed by atoms with Crippen LogP contribution in [-0.4, -0.2) is 47.4 Å². The Hall–Kier alpha value is -3.41. The molecular weight excluding hydrogens is 371 g/mol. The maximum atomic E-state index is 13.2. The molecule has 0 aliphatic carbocycles. The lowest BCUT2D eigenvalue weighted by Crippen LogP contribution is -2.17. The summed E-state index contributed by atoms with van der Waals surface area (Å²) in [5, 5.41) is 37.6. The minimum Gasteiger partial charge on any atom is -0.481 e. The van der Waals surface area contributed by atoms with Crippen molar-refractivity contribution in [1.29, 1.82) is 5.41 Å². The second kappa shape index (κ2) is 7.23. The quantitative estimate of drug-likeness (QED) is 0.418. The van der Waals surface area contributed by atoms with Crippen molar-refractivity contribution in [3.63, 3.8) is 0 Å². The van der Waals surface area contributed by atoms with Crippen LogP contribution in [0.15, 0.2) is 22.8 Å². The van der Waals surface area contributed by atoms with Crippen LogP contribution in [0.3, 0.4) is 0 Å². The fourth-order valence-corrected chi connectivity index (χ4v) is 2.21. The molecule has 134 valence electrons. The third-order valence-electron chi connectivity index (χ3n) is 3.20. The van der Waals surface area contributed by atoms with Gasteiger partial charge in [-0.3, -0.25) is 10.2 Å². The summed E-state index contributed by atoms with van der Waals surface area (Å²) in [5.41, 5.74) is 0.626. The number of rotatable bonds is 6. The summed E-state index contributed by atoms with van der Waals surface area (Å²) >= 11 is 5.70. The van der Waals surface area contributed by atoms with Crippen LogP contribution in [0.2, 0.25) is 5.02 Å². The van der Waals surface area contributed by atoms with E-state index in [-0.39, 0.29) is 41.0 Å². The normalized spacial score (nSPS) is 10.7. The van der Waals surface area contributed by atoms with Gasteiger partial charge in [0.15, 0.2) is 17.4 Å². The highest BCUT2D eigenvalue weighted by Gasteiger charge is 2.19. The van der Waals surface area contributed by atoms with Crippen molar-refractivity contribution in [2.24, 2.45) is 0 Å². The van der Waals surface area contributed by atoms with Crippen molar-refractivity contribution >= 4 is 29.1 Å². The number of carboxylic acids is 1. The van der Waals surface area contributed by atoms with E-state index < -0.39 is 11.8 Å². The van der Waals surface area contributed by atoms with Crippen molar-refractivity contribution in [3.05, 3.63) is 46.3 Å². The number of amidine groups is 1. The lowest BCUT2D eigenvalue weighted by molar-refractivity contribution is -0.136. The van der Waals surface area contributed by atoms with Crippen LogP contribution in [0.5, 0.6) is 0 Å². The average molecular weight is 381 g/mol. The summed E-state index contributed by atoms with van der Waals surface area (Å²) < 4.78 is 19.1. The van der Waals surface area contributed by atoms with Crippen LogP contribution in [0, 0.1) is 11.2 Å². The fourth-order valence-electron chi connectivity index (χ4n) is 2.03. The van der Waals surface area contributed by atoms with Crippen molar-refractivity contribution < 1.29 is 18.9 Å². The van der Waals surface area contributed by atoms with Crippen LogP contribution in [0.25, 0.3) is 0 Å². The predicted octanol–water partition coefficient (Wildman–Crippen LogP) is 0.961. The van der Waals surface area contributed by atoms with Gasteiger partial charge < -0.3 is 10.4 Å². The summed E-state index contributed by atoms with van der Waals surface area (Å²) in [4.78, 5) is 10.8. The van der Waals surface area contributed by atoms with Gasteiger partial charge in [0.1, 0.15) is 17.9 Å². The molecule has 3 N–H and O–H groups in total. The maximum Gasteiger partial charge on any atom is 0.311 e. The number of hydrogen-bond donors (Lipinski definition) is 3. The fraction of sp³-hybridized carbons (Fsp3) is 0.154. The summed E-state index contributed by atoms with van der Waals surface area (Å²) in [5.74, 6) is -1.76. The first-order valence-corrected chi connectivity index (χ1v) is 7.41. The monoisotopic (exact) mass is 380 g/mol. The number of aliphatic carboxylic acids is 1. The summed E-state index contributed by atoms with van der Waals surface area (Å²) in [6.45, 7) is -0.0529. The number of aromatic nitrogens is 6. The first-order chi connectivity index (χ1) is 12.4. The molecule has 0 radical (unpaired) electrons. The first kappa shape index (κ1) is 17.4. The van der Waals surface area contributed by atoms with E-state index in [9.17, 15) is 9.18 Å². The number of benzene rings is 1. The summed E-state index contributed by atoms with van der Waals surface area (Å²) in [6, 6.07) is 3.86. The molecule has 0 unspecified atom stereocenters. The number of carboxylic acid groups (broad SMARTS) is 1. The Kier molecular flexibility index (Phi) is 4.84. The third kappa shape index (κ3) is 3.80. The third-order valence-corrected chi connectivity index (χ3v) is 3.49. The van der Waals surface area contributed by atoms with Crippen molar-refractivity contribution in [2.45, 2.75) is 13.0 Å². The van der Waals surface area contributed by atoms with Gasteiger partial charge in [-0.2, -0.15) is 0 Å². The largest absolute Gasteiger partial charge is 0.481 e. The molecule has 3 aromatic rings. The van der Waals surface area contributed by atoms with Crippen LogP contribution >= 0.6 is 11.6 Å². The van der Waals surface area contributed by atoms with Gasteiger partial charge in [0.05, 0.1) is 11.6 Å². The highest BCUT2D eigenvalue weighted by atomic mass is 35.5. The SMILES string of the molecule is N=C(Nc1ccc(F)c(Cl)c1)c1nonc1Cn1nnnc1CC(=O)O. The minimum atomic E-state index is -1.10. The van der Waals surface area contributed by atoms with Crippen molar-refractivity contribution in [1.82, 2.24) is 30.5 Å². The van der Waals surface area contributed by atoms with E-state index in [4.69, 9.17) is 22.1 Å². The number of halogens is 2. The van der Waals surface area contributed by atoms with E-state index in [0.29, 0.717) is 5.69 Å². The minimum absolute atomic E-state index is 0.0529. The van der Waals surface area contributed by atoms with Gasteiger partial charge in [-0.05, 0) is 33.8 Å². The average Bonchev–Trinajstić information content (AvgIpc) is 3.21.